The van der Waals surface area contributed by atoms with E-state index in [1.54, 1.807) is 30.3 Å². The molecule has 0 spiro atoms. The lowest BCUT2D eigenvalue weighted by molar-refractivity contribution is 0.00335. The Hall–Kier alpha value is -2.61. The molecule has 0 bridgehead atoms. The Kier molecular flexibility index (Phi) is 8.07. The molecule has 1 N–H and O–H groups in total. The molecule has 0 amide bonds. The van der Waals surface area contributed by atoms with Crippen LogP contribution in [0.4, 0.5) is 8.78 Å². The van der Waals surface area contributed by atoms with Crippen molar-refractivity contribution in [3.05, 3.63) is 83.9 Å². The van der Waals surface area contributed by atoms with Gasteiger partial charge < -0.3 is 14.7 Å². The van der Waals surface area contributed by atoms with Crippen LogP contribution in [-0.4, -0.2) is 54.2 Å². The third-order valence-corrected chi connectivity index (χ3v) is 4.71. The highest BCUT2D eigenvalue weighted by molar-refractivity contribution is 6.01. The average molecular weight is 416 g/mol. The Morgan fingerprint density at radius 1 is 1.17 bits per heavy atom. The monoisotopic (exact) mass is 416 g/mol. The maximum absolute atomic E-state index is 13.2. The molecule has 0 unspecified atom stereocenters. The van der Waals surface area contributed by atoms with Gasteiger partial charge in [-0.1, -0.05) is 35.5 Å². The lowest BCUT2D eigenvalue weighted by Gasteiger charge is -2.27. The molecule has 1 aliphatic heterocycles. The van der Waals surface area contributed by atoms with Crippen LogP contribution < -0.4 is 0 Å². The van der Waals surface area contributed by atoms with Gasteiger partial charge >= 0.3 is 0 Å². The topological polar surface area (TPSA) is 54.3 Å². The Morgan fingerprint density at radius 3 is 2.50 bits per heavy atom. The van der Waals surface area contributed by atoms with Crippen LogP contribution in [0.25, 0.3) is 0 Å². The van der Waals surface area contributed by atoms with Crippen LogP contribution in [0.15, 0.2) is 66.3 Å². The van der Waals surface area contributed by atoms with E-state index in [0.717, 1.165) is 16.8 Å². The van der Waals surface area contributed by atoms with E-state index in [1.807, 2.05) is 4.90 Å². The van der Waals surface area contributed by atoms with Crippen LogP contribution >= 0.6 is 0 Å². The van der Waals surface area contributed by atoms with Crippen molar-refractivity contribution in [3.63, 3.8) is 0 Å². The highest BCUT2D eigenvalue weighted by atomic mass is 19.1. The summed E-state index contributed by atoms with van der Waals surface area (Å²) in [4.78, 5) is 7.61. The number of hydrogen-bond acceptors (Lipinski definition) is 5. The summed E-state index contributed by atoms with van der Waals surface area (Å²) in [6.45, 7) is 5.55. The molecule has 0 saturated carbocycles. The number of rotatable bonds is 11. The van der Waals surface area contributed by atoms with E-state index in [2.05, 4.69) is 11.7 Å². The first-order valence-corrected chi connectivity index (χ1v) is 9.85. The van der Waals surface area contributed by atoms with Crippen molar-refractivity contribution in [2.24, 2.45) is 5.16 Å². The van der Waals surface area contributed by atoms with Crippen LogP contribution in [0.1, 0.15) is 17.5 Å². The summed E-state index contributed by atoms with van der Waals surface area (Å²) in [6, 6.07) is 12.4. The Morgan fingerprint density at radius 2 is 1.83 bits per heavy atom. The van der Waals surface area contributed by atoms with E-state index >= 15 is 0 Å². The number of aliphatic hydroxyl groups excluding tert-OH is 1. The molecule has 2 aromatic carbocycles. The minimum absolute atomic E-state index is 0.189. The molecule has 3 rings (SSSR count). The summed E-state index contributed by atoms with van der Waals surface area (Å²) in [5.41, 5.74) is 2.51. The minimum atomic E-state index is -0.690. The van der Waals surface area contributed by atoms with E-state index in [0.29, 0.717) is 32.7 Å². The van der Waals surface area contributed by atoms with Crippen molar-refractivity contribution >= 4 is 5.71 Å². The molecule has 7 heteroatoms. The van der Waals surface area contributed by atoms with Gasteiger partial charge in [-0.25, -0.2) is 8.78 Å². The fraction of sp³-hybridized carbons (Fsp3) is 0.348. The third-order valence-electron chi connectivity index (χ3n) is 4.71. The van der Waals surface area contributed by atoms with Crippen molar-refractivity contribution in [3.8, 4) is 0 Å². The second-order valence-corrected chi connectivity index (χ2v) is 7.28. The van der Waals surface area contributed by atoms with Crippen LogP contribution in [0.2, 0.25) is 0 Å². The van der Waals surface area contributed by atoms with Crippen molar-refractivity contribution in [2.75, 3.05) is 26.3 Å². The quantitative estimate of drug-likeness (QED) is 0.450. The molecule has 1 aliphatic rings. The zero-order chi connectivity index (χ0) is 21.3. The number of benzene rings is 2. The van der Waals surface area contributed by atoms with Gasteiger partial charge in [0.1, 0.15) is 17.7 Å². The molecular weight excluding hydrogens is 390 g/mol. The molecule has 0 fully saturated rings. The van der Waals surface area contributed by atoms with Gasteiger partial charge in [-0.3, -0.25) is 4.90 Å². The molecule has 2 atom stereocenters. The van der Waals surface area contributed by atoms with Gasteiger partial charge in [0, 0.05) is 26.1 Å². The summed E-state index contributed by atoms with van der Waals surface area (Å²) in [5.74, 6) is -0.590. The Balaban J connectivity index is 1.60. The van der Waals surface area contributed by atoms with E-state index in [1.165, 1.54) is 24.3 Å². The molecule has 30 heavy (non-hydrogen) atoms. The molecular formula is C23H26F2N2O3. The molecule has 0 aliphatic carbocycles. The van der Waals surface area contributed by atoms with Crippen molar-refractivity contribution in [1.29, 1.82) is 0 Å². The molecule has 160 valence electrons. The molecule has 1 heterocycles. The highest BCUT2D eigenvalue weighted by Crippen LogP contribution is 2.19. The largest absolute Gasteiger partial charge is 0.390 e. The second-order valence-electron chi connectivity index (χ2n) is 7.28. The highest BCUT2D eigenvalue weighted by Gasteiger charge is 2.26. The maximum Gasteiger partial charge on any atom is 0.145 e. The van der Waals surface area contributed by atoms with E-state index in [9.17, 15) is 13.9 Å². The summed E-state index contributed by atoms with van der Waals surface area (Å²) in [6.07, 6.45) is 1.31. The van der Waals surface area contributed by atoms with Crippen LogP contribution in [0.5, 0.6) is 0 Å². The Bertz CT molecular complexity index is 841. The predicted octanol–water partition coefficient (Wildman–Crippen LogP) is 3.52. The van der Waals surface area contributed by atoms with Gasteiger partial charge in [-0.15, -0.1) is 6.58 Å². The summed E-state index contributed by atoms with van der Waals surface area (Å²) in [5, 5.41) is 14.5. The van der Waals surface area contributed by atoms with Gasteiger partial charge in [-0.05, 0) is 35.4 Å². The van der Waals surface area contributed by atoms with Crippen LogP contribution in [-0.2, 0) is 16.1 Å². The first-order chi connectivity index (χ1) is 14.5. The van der Waals surface area contributed by atoms with Gasteiger partial charge in [0.25, 0.3) is 0 Å². The number of oxime groups is 1. The average Bonchev–Trinajstić information content (AvgIpc) is 3.19. The first kappa shape index (κ1) is 22.1. The summed E-state index contributed by atoms with van der Waals surface area (Å²) < 4.78 is 31.7. The van der Waals surface area contributed by atoms with Gasteiger partial charge in [0.15, 0.2) is 0 Å². The maximum atomic E-state index is 13.2. The van der Waals surface area contributed by atoms with E-state index < -0.39 is 6.10 Å². The molecule has 0 radical (unpaired) electrons. The minimum Gasteiger partial charge on any atom is -0.390 e. The molecule has 2 aromatic rings. The zero-order valence-electron chi connectivity index (χ0n) is 16.7. The van der Waals surface area contributed by atoms with Gasteiger partial charge in [-0.2, -0.15) is 0 Å². The third kappa shape index (κ3) is 6.73. The number of nitrogens with zero attached hydrogens (tertiary/aromatic N) is 2. The van der Waals surface area contributed by atoms with Crippen molar-refractivity contribution in [2.45, 2.75) is 25.2 Å². The Labute approximate surface area is 175 Å². The number of aliphatic hydroxyl groups is 1. The zero-order valence-corrected chi connectivity index (χ0v) is 16.7. The fourth-order valence-corrected chi connectivity index (χ4v) is 3.32. The first-order valence-electron chi connectivity index (χ1n) is 9.85. The lowest BCUT2D eigenvalue weighted by Crippen LogP contribution is -2.39. The summed E-state index contributed by atoms with van der Waals surface area (Å²) >= 11 is 0. The SMILES string of the molecule is C=CCOC[C@@H](O)CN(Cc1ccc(F)cc1)C[C@@H]1CC(c2ccc(F)cc2)=NO1. The van der Waals surface area contributed by atoms with Gasteiger partial charge in [0.2, 0.25) is 0 Å². The number of hydrogen-bond donors (Lipinski definition) is 1. The van der Waals surface area contributed by atoms with Crippen LogP contribution in [0.3, 0.4) is 0 Å². The predicted molar refractivity (Wildman–Crippen MR) is 111 cm³/mol. The molecule has 0 aromatic heterocycles. The standard InChI is InChI=1S/C23H26F2N2O3/c1-2-11-29-16-21(28)14-27(13-17-3-7-19(24)8-4-17)15-22-12-23(26-30-22)18-5-9-20(25)10-6-18/h2-10,21-22,28H,1,11-16H2/t21-,22-/m0/s1. The van der Waals surface area contributed by atoms with Gasteiger partial charge in [0.05, 0.1) is 25.0 Å². The summed E-state index contributed by atoms with van der Waals surface area (Å²) in [7, 11) is 0. The van der Waals surface area contributed by atoms with E-state index in [-0.39, 0.29) is 24.3 Å². The fourth-order valence-electron chi connectivity index (χ4n) is 3.32. The normalized spacial score (nSPS) is 16.9. The molecule has 5 nitrogen and oxygen atoms in total. The lowest BCUT2D eigenvalue weighted by atomic mass is 10.0. The number of halogens is 2. The van der Waals surface area contributed by atoms with Crippen molar-refractivity contribution < 1.29 is 23.5 Å². The smallest absolute Gasteiger partial charge is 0.145 e. The van der Waals surface area contributed by atoms with Crippen LogP contribution in [0, 0.1) is 11.6 Å². The molecule has 0 saturated heterocycles. The van der Waals surface area contributed by atoms with E-state index in [4.69, 9.17) is 9.57 Å². The second kappa shape index (κ2) is 11.0. The van der Waals surface area contributed by atoms with Crippen molar-refractivity contribution in [1.82, 2.24) is 4.90 Å². The number of ether oxygens (including phenoxy) is 1.